The van der Waals surface area contributed by atoms with Crippen LogP contribution in [-0.2, 0) is 9.53 Å². The Kier molecular flexibility index (Phi) is 3.64. The summed E-state index contributed by atoms with van der Waals surface area (Å²) in [6, 6.07) is 6.07. The van der Waals surface area contributed by atoms with Crippen molar-refractivity contribution in [2.75, 3.05) is 19.8 Å². The number of nitrogens with one attached hydrogen (secondary N) is 1. The molecule has 1 aromatic carbocycles. The number of amides is 1. The molecule has 1 amide bonds. The van der Waals surface area contributed by atoms with Crippen molar-refractivity contribution in [3.05, 3.63) is 29.3 Å². The summed E-state index contributed by atoms with van der Waals surface area (Å²) >= 11 is 0. The van der Waals surface area contributed by atoms with E-state index in [1.807, 2.05) is 26.0 Å². The van der Waals surface area contributed by atoms with Crippen LogP contribution < -0.4 is 10.1 Å². The molecule has 0 atom stereocenters. The average Bonchev–Trinajstić information content (AvgIpc) is 2.19. The molecule has 0 bridgehead atoms. The third kappa shape index (κ3) is 3.46. The second-order valence-electron chi connectivity index (χ2n) is 4.41. The van der Waals surface area contributed by atoms with Gasteiger partial charge in [-0.05, 0) is 37.1 Å². The summed E-state index contributed by atoms with van der Waals surface area (Å²) < 4.78 is 10.4. The summed E-state index contributed by atoms with van der Waals surface area (Å²) in [5.74, 6) is 0.639. The molecule has 0 unspecified atom stereocenters. The van der Waals surface area contributed by atoms with Crippen molar-refractivity contribution in [3.63, 3.8) is 0 Å². The molecular formula is C13H17NO3. The first-order valence-corrected chi connectivity index (χ1v) is 5.72. The molecule has 1 aliphatic heterocycles. The SMILES string of the molecule is Cc1cc(C)cc(OCC(=O)NC2COC2)c1. The molecule has 1 N–H and O–H groups in total. The maximum Gasteiger partial charge on any atom is 0.258 e. The first-order valence-electron chi connectivity index (χ1n) is 5.72. The van der Waals surface area contributed by atoms with Gasteiger partial charge < -0.3 is 14.8 Å². The maximum atomic E-state index is 11.5. The van der Waals surface area contributed by atoms with Gasteiger partial charge in [0.05, 0.1) is 19.3 Å². The van der Waals surface area contributed by atoms with Crippen LogP contribution in [0.15, 0.2) is 18.2 Å². The number of benzene rings is 1. The second-order valence-corrected chi connectivity index (χ2v) is 4.41. The number of carbonyl (C=O) groups is 1. The molecule has 92 valence electrons. The standard InChI is InChI=1S/C13H17NO3/c1-9-3-10(2)5-12(4-9)17-8-13(15)14-11-6-16-7-11/h3-5,11H,6-8H2,1-2H3,(H,14,15). The summed E-state index contributed by atoms with van der Waals surface area (Å²) in [5, 5.41) is 2.83. The fourth-order valence-electron chi connectivity index (χ4n) is 1.75. The summed E-state index contributed by atoms with van der Waals surface area (Å²) in [4.78, 5) is 11.5. The van der Waals surface area contributed by atoms with E-state index in [2.05, 4.69) is 11.4 Å². The van der Waals surface area contributed by atoms with Crippen molar-refractivity contribution in [2.24, 2.45) is 0 Å². The van der Waals surface area contributed by atoms with Crippen LogP contribution in [0.1, 0.15) is 11.1 Å². The summed E-state index contributed by atoms with van der Waals surface area (Å²) in [6.45, 7) is 5.28. The van der Waals surface area contributed by atoms with Crippen LogP contribution in [0.4, 0.5) is 0 Å². The van der Waals surface area contributed by atoms with E-state index in [4.69, 9.17) is 9.47 Å². The summed E-state index contributed by atoms with van der Waals surface area (Å²) in [7, 11) is 0. The van der Waals surface area contributed by atoms with Crippen molar-refractivity contribution in [3.8, 4) is 5.75 Å². The zero-order chi connectivity index (χ0) is 12.3. The van der Waals surface area contributed by atoms with Gasteiger partial charge in [0.15, 0.2) is 6.61 Å². The quantitative estimate of drug-likeness (QED) is 0.853. The van der Waals surface area contributed by atoms with Crippen LogP contribution in [0.2, 0.25) is 0 Å². The third-order valence-corrected chi connectivity index (χ3v) is 2.57. The molecule has 0 radical (unpaired) electrons. The van der Waals surface area contributed by atoms with Crippen LogP contribution in [-0.4, -0.2) is 31.8 Å². The molecule has 1 saturated heterocycles. The minimum Gasteiger partial charge on any atom is -0.484 e. The Morgan fingerprint density at radius 2 is 2.00 bits per heavy atom. The van der Waals surface area contributed by atoms with Gasteiger partial charge in [0.25, 0.3) is 5.91 Å². The minimum absolute atomic E-state index is 0.0550. The summed E-state index contributed by atoms with van der Waals surface area (Å²) in [5.41, 5.74) is 2.26. The van der Waals surface area contributed by atoms with Gasteiger partial charge in [-0.2, -0.15) is 0 Å². The van der Waals surface area contributed by atoms with Gasteiger partial charge in [0.2, 0.25) is 0 Å². The zero-order valence-electron chi connectivity index (χ0n) is 10.2. The third-order valence-electron chi connectivity index (χ3n) is 2.57. The maximum absolute atomic E-state index is 11.5. The fourth-order valence-corrected chi connectivity index (χ4v) is 1.75. The van der Waals surface area contributed by atoms with E-state index in [1.165, 1.54) is 0 Å². The average molecular weight is 235 g/mol. The number of ether oxygens (including phenoxy) is 2. The van der Waals surface area contributed by atoms with Crippen molar-refractivity contribution in [2.45, 2.75) is 19.9 Å². The smallest absolute Gasteiger partial charge is 0.258 e. The van der Waals surface area contributed by atoms with Crippen molar-refractivity contribution in [1.29, 1.82) is 0 Å². The van der Waals surface area contributed by atoms with Crippen LogP contribution in [0.5, 0.6) is 5.75 Å². The highest BCUT2D eigenvalue weighted by Crippen LogP contribution is 2.15. The molecule has 4 nitrogen and oxygen atoms in total. The first-order chi connectivity index (χ1) is 8.13. The highest BCUT2D eigenvalue weighted by molar-refractivity contribution is 5.78. The highest BCUT2D eigenvalue weighted by atomic mass is 16.5. The molecule has 1 aliphatic rings. The first kappa shape index (κ1) is 11.9. The number of carbonyl (C=O) groups excluding carboxylic acids is 1. The normalized spacial score (nSPS) is 15.2. The lowest BCUT2D eigenvalue weighted by Crippen LogP contribution is -2.49. The van der Waals surface area contributed by atoms with Crippen molar-refractivity contribution >= 4 is 5.91 Å². The predicted molar refractivity (Wildman–Crippen MR) is 64.2 cm³/mol. The van der Waals surface area contributed by atoms with Crippen molar-refractivity contribution in [1.82, 2.24) is 5.32 Å². The van der Waals surface area contributed by atoms with Gasteiger partial charge in [0, 0.05) is 0 Å². The number of hydrogen-bond donors (Lipinski definition) is 1. The number of aryl methyl sites for hydroxylation is 2. The Bertz CT molecular complexity index is 393. The van der Waals surface area contributed by atoms with Gasteiger partial charge in [-0.15, -0.1) is 0 Å². The van der Waals surface area contributed by atoms with E-state index in [9.17, 15) is 4.79 Å². The van der Waals surface area contributed by atoms with E-state index in [-0.39, 0.29) is 18.6 Å². The molecular weight excluding hydrogens is 218 g/mol. The largest absolute Gasteiger partial charge is 0.484 e. The molecule has 0 saturated carbocycles. The van der Waals surface area contributed by atoms with Gasteiger partial charge in [-0.3, -0.25) is 4.79 Å². The van der Waals surface area contributed by atoms with E-state index >= 15 is 0 Å². The molecule has 2 rings (SSSR count). The van der Waals surface area contributed by atoms with Gasteiger partial charge in [0.1, 0.15) is 5.75 Å². The molecule has 17 heavy (non-hydrogen) atoms. The Morgan fingerprint density at radius 3 is 2.53 bits per heavy atom. The highest BCUT2D eigenvalue weighted by Gasteiger charge is 2.20. The van der Waals surface area contributed by atoms with Crippen molar-refractivity contribution < 1.29 is 14.3 Å². The van der Waals surface area contributed by atoms with Gasteiger partial charge in [-0.25, -0.2) is 0 Å². The Balaban J connectivity index is 1.81. The minimum atomic E-state index is -0.0996. The fraction of sp³-hybridized carbons (Fsp3) is 0.462. The van der Waals surface area contributed by atoms with E-state index < -0.39 is 0 Å². The summed E-state index contributed by atoms with van der Waals surface area (Å²) in [6.07, 6.45) is 0. The number of hydrogen-bond acceptors (Lipinski definition) is 3. The topological polar surface area (TPSA) is 47.6 Å². The van der Waals surface area contributed by atoms with Crippen LogP contribution >= 0.6 is 0 Å². The van der Waals surface area contributed by atoms with E-state index in [0.717, 1.165) is 16.9 Å². The molecule has 1 heterocycles. The Morgan fingerprint density at radius 1 is 1.35 bits per heavy atom. The second kappa shape index (κ2) is 5.19. The zero-order valence-corrected chi connectivity index (χ0v) is 10.2. The van der Waals surface area contributed by atoms with Gasteiger partial charge >= 0.3 is 0 Å². The molecule has 4 heteroatoms. The van der Waals surface area contributed by atoms with E-state index in [1.54, 1.807) is 0 Å². The molecule has 1 fully saturated rings. The number of rotatable bonds is 4. The molecule has 1 aromatic rings. The van der Waals surface area contributed by atoms with Crippen LogP contribution in [0, 0.1) is 13.8 Å². The molecule has 0 aromatic heterocycles. The van der Waals surface area contributed by atoms with Gasteiger partial charge in [-0.1, -0.05) is 6.07 Å². The lowest BCUT2D eigenvalue weighted by atomic mass is 10.1. The van der Waals surface area contributed by atoms with Crippen LogP contribution in [0.3, 0.4) is 0 Å². The lowest BCUT2D eigenvalue weighted by molar-refractivity contribution is -0.127. The Labute approximate surface area is 101 Å². The predicted octanol–water partition coefficient (Wildman–Crippen LogP) is 1.20. The van der Waals surface area contributed by atoms with E-state index in [0.29, 0.717) is 13.2 Å². The Hall–Kier alpha value is -1.55. The van der Waals surface area contributed by atoms with Crippen LogP contribution in [0.25, 0.3) is 0 Å². The monoisotopic (exact) mass is 235 g/mol. The molecule has 0 aliphatic carbocycles. The molecule has 0 spiro atoms. The lowest BCUT2D eigenvalue weighted by Gasteiger charge is -2.26.